The van der Waals surface area contributed by atoms with Gasteiger partial charge in [0.25, 0.3) is 0 Å². The lowest BCUT2D eigenvalue weighted by atomic mass is 10.2. The quantitative estimate of drug-likeness (QED) is 0.675. The van der Waals surface area contributed by atoms with Gasteiger partial charge in [-0.1, -0.05) is 18.1 Å². The van der Waals surface area contributed by atoms with Crippen LogP contribution in [0.2, 0.25) is 0 Å². The molecule has 0 fully saturated rings. The monoisotopic (exact) mass is 276 g/mol. The van der Waals surface area contributed by atoms with Crippen molar-refractivity contribution in [2.24, 2.45) is 0 Å². The fourth-order valence-corrected chi connectivity index (χ4v) is 2.58. The zero-order valence-corrected chi connectivity index (χ0v) is 11.2. The molecular formula is C17H12N2O2. The summed E-state index contributed by atoms with van der Waals surface area (Å²) in [6, 6.07) is 13.8. The molecular weight excluding hydrogens is 264 g/mol. The van der Waals surface area contributed by atoms with Gasteiger partial charge in [0.15, 0.2) is 11.5 Å². The van der Waals surface area contributed by atoms with E-state index in [9.17, 15) is 0 Å². The van der Waals surface area contributed by atoms with Crippen molar-refractivity contribution in [3.8, 4) is 35.2 Å². The van der Waals surface area contributed by atoms with E-state index < -0.39 is 0 Å². The predicted octanol–water partition coefficient (Wildman–Crippen LogP) is 3.07. The molecule has 0 N–H and O–H groups in total. The van der Waals surface area contributed by atoms with Crippen LogP contribution in [0.15, 0.2) is 42.5 Å². The van der Waals surface area contributed by atoms with E-state index in [1.165, 1.54) is 0 Å². The van der Waals surface area contributed by atoms with Crippen molar-refractivity contribution in [1.29, 1.82) is 0 Å². The van der Waals surface area contributed by atoms with Crippen molar-refractivity contribution < 1.29 is 9.47 Å². The van der Waals surface area contributed by atoms with Crippen LogP contribution in [-0.4, -0.2) is 16.3 Å². The average molecular weight is 276 g/mol. The number of benzene rings is 2. The highest BCUT2D eigenvalue weighted by atomic mass is 16.7. The summed E-state index contributed by atoms with van der Waals surface area (Å²) < 4.78 is 12.8. The predicted molar refractivity (Wildman–Crippen MR) is 80.1 cm³/mol. The van der Waals surface area contributed by atoms with Crippen molar-refractivity contribution in [2.45, 2.75) is 6.54 Å². The summed E-state index contributed by atoms with van der Waals surface area (Å²) >= 11 is 0. The van der Waals surface area contributed by atoms with Gasteiger partial charge in [-0.25, -0.2) is 4.98 Å². The second-order valence-corrected chi connectivity index (χ2v) is 4.78. The topological polar surface area (TPSA) is 36.3 Å². The molecule has 3 aromatic rings. The van der Waals surface area contributed by atoms with E-state index in [0.717, 1.165) is 33.9 Å². The summed E-state index contributed by atoms with van der Waals surface area (Å²) in [6.07, 6.45) is 5.50. The second kappa shape index (κ2) is 4.57. The van der Waals surface area contributed by atoms with Crippen LogP contribution in [0.5, 0.6) is 11.5 Å². The molecule has 0 radical (unpaired) electrons. The maximum absolute atomic E-state index is 5.50. The summed E-state index contributed by atoms with van der Waals surface area (Å²) in [6.45, 7) is 0.740. The molecule has 0 unspecified atom stereocenters. The van der Waals surface area contributed by atoms with E-state index in [2.05, 4.69) is 5.92 Å². The van der Waals surface area contributed by atoms with E-state index >= 15 is 0 Å². The molecule has 2 aromatic carbocycles. The van der Waals surface area contributed by atoms with Crippen LogP contribution in [0.25, 0.3) is 22.4 Å². The first-order valence-corrected chi connectivity index (χ1v) is 6.65. The Hall–Kier alpha value is -2.93. The Morgan fingerprint density at radius 1 is 1.14 bits per heavy atom. The van der Waals surface area contributed by atoms with Crippen molar-refractivity contribution in [1.82, 2.24) is 9.55 Å². The molecule has 0 atom stereocenters. The Morgan fingerprint density at radius 2 is 2.00 bits per heavy atom. The van der Waals surface area contributed by atoms with E-state index in [1.807, 2.05) is 47.0 Å². The number of rotatable bonds is 2. The minimum absolute atomic E-state index is 0.263. The Kier molecular flexibility index (Phi) is 2.58. The minimum atomic E-state index is 0.263. The summed E-state index contributed by atoms with van der Waals surface area (Å²) in [4.78, 5) is 4.70. The second-order valence-electron chi connectivity index (χ2n) is 4.78. The maximum atomic E-state index is 5.50. The number of aromatic nitrogens is 2. The number of nitrogens with zero attached hydrogens (tertiary/aromatic N) is 2. The number of hydrogen-bond acceptors (Lipinski definition) is 3. The number of para-hydroxylation sites is 2. The lowest BCUT2D eigenvalue weighted by Gasteiger charge is -2.06. The SMILES string of the molecule is C#CCn1c(-c2ccc3c(c2)OCO3)nc2ccccc21. The molecule has 4 nitrogen and oxygen atoms in total. The molecule has 102 valence electrons. The van der Waals surface area contributed by atoms with E-state index in [1.54, 1.807) is 0 Å². The molecule has 4 rings (SSSR count). The van der Waals surface area contributed by atoms with Crippen molar-refractivity contribution in [3.63, 3.8) is 0 Å². The summed E-state index contributed by atoms with van der Waals surface area (Å²) in [7, 11) is 0. The first-order valence-electron chi connectivity index (χ1n) is 6.65. The van der Waals surface area contributed by atoms with Crippen LogP contribution in [0.3, 0.4) is 0 Å². The Bertz CT molecular complexity index is 874. The van der Waals surface area contributed by atoms with Gasteiger partial charge < -0.3 is 14.0 Å². The Labute approximate surface area is 121 Å². The molecule has 1 aliphatic rings. The van der Waals surface area contributed by atoms with Gasteiger partial charge in [-0.2, -0.15) is 0 Å². The fourth-order valence-electron chi connectivity index (χ4n) is 2.58. The largest absolute Gasteiger partial charge is 0.454 e. The molecule has 0 spiro atoms. The lowest BCUT2D eigenvalue weighted by molar-refractivity contribution is 0.174. The average Bonchev–Trinajstić information content (AvgIpc) is 3.11. The number of hydrogen-bond donors (Lipinski definition) is 0. The highest BCUT2D eigenvalue weighted by Gasteiger charge is 2.17. The van der Waals surface area contributed by atoms with Crippen LogP contribution in [0, 0.1) is 12.3 Å². The zero-order valence-electron chi connectivity index (χ0n) is 11.2. The number of ether oxygens (including phenoxy) is 2. The molecule has 0 aliphatic carbocycles. The van der Waals surface area contributed by atoms with E-state index in [4.69, 9.17) is 20.9 Å². The van der Waals surface area contributed by atoms with Crippen molar-refractivity contribution in [3.05, 3.63) is 42.5 Å². The number of fused-ring (bicyclic) bond motifs is 2. The first-order chi connectivity index (χ1) is 10.4. The van der Waals surface area contributed by atoms with Gasteiger partial charge in [0, 0.05) is 5.56 Å². The van der Waals surface area contributed by atoms with Gasteiger partial charge in [0.05, 0.1) is 17.6 Å². The Morgan fingerprint density at radius 3 is 2.90 bits per heavy atom. The minimum Gasteiger partial charge on any atom is -0.454 e. The van der Waals surface area contributed by atoms with Gasteiger partial charge >= 0.3 is 0 Å². The van der Waals surface area contributed by atoms with Crippen molar-refractivity contribution >= 4 is 11.0 Å². The molecule has 0 saturated heterocycles. The highest BCUT2D eigenvalue weighted by molar-refractivity contribution is 5.81. The smallest absolute Gasteiger partial charge is 0.231 e. The molecule has 2 heterocycles. The molecule has 0 amide bonds. The summed E-state index contributed by atoms with van der Waals surface area (Å²) in [5.74, 6) is 5.04. The van der Waals surface area contributed by atoms with Crippen LogP contribution < -0.4 is 9.47 Å². The normalized spacial score (nSPS) is 12.5. The third-order valence-corrected chi connectivity index (χ3v) is 3.53. The van der Waals surface area contributed by atoms with Crippen LogP contribution in [0.4, 0.5) is 0 Å². The van der Waals surface area contributed by atoms with Gasteiger partial charge in [0.1, 0.15) is 5.82 Å². The van der Waals surface area contributed by atoms with Crippen LogP contribution >= 0.6 is 0 Å². The van der Waals surface area contributed by atoms with Gasteiger partial charge in [0.2, 0.25) is 6.79 Å². The molecule has 1 aliphatic heterocycles. The lowest BCUT2D eigenvalue weighted by Crippen LogP contribution is -1.98. The number of terminal acetylenes is 1. The number of imidazole rings is 1. The Balaban J connectivity index is 1.93. The molecule has 0 bridgehead atoms. The van der Waals surface area contributed by atoms with Crippen LogP contribution in [-0.2, 0) is 6.54 Å². The third-order valence-electron chi connectivity index (χ3n) is 3.53. The van der Waals surface area contributed by atoms with Gasteiger partial charge in [-0.15, -0.1) is 6.42 Å². The maximum Gasteiger partial charge on any atom is 0.231 e. The van der Waals surface area contributed by atoms with Gasteiger partial charge in [-0.05, 0) is 30.3 Å². The summed E-state index contributed by atoms with van der Waals surface area (Å²) in [5.41, 5.74) is 2.93. The van der Waals surface area contributed by atoms with Crippen molar-refractivity contribution in [2.75, 3.05) is 6.79 Å². The molecule has 1 aromatic heterocycles. The highest BCUT2D eigenvalue weighted by Crippen LogP contribution is 2.36. The zero-order chi connectivity index (χ0) is 14.2. The molecule has 4 heteroatoms. The standard InChI is InChI=1S/C17H12N2O2/c1-2-9-19-14-6-4-3-5-13(14)18-17(19)12-7-8-15-16(10-12)21-11-20-15/h1,3-8,10H,9,11H2. The van der Waals surface area contributed by atoms with Gasteiger partial charge in [-0.3, -0.25) is 0 Å². The van der Waals surface area contributed by atoms with E-state index in [0.29, 0.717) is 6.54 Å². The third kappa shape index (κ3) is 1.83. The molecule has 21 heavy (non-hydrogen) atoms. The van der Waals surface area contributed by atoms with Crippen LogP contribution in [0.1, 0.15) is 0 Å². The first kappa shape index (κ1) is 11.9. The fraction of sp³-hybridized carbons (Fsp3) is 0.118. The summed E-state index contributed by atoms with van der Waals surface area (Å²) in [5, 5.41) is 0. The molecule has 0 saturated carbocycles. The van der Waals surface area contributed by atoms with E-state index in [-0.39, 0.29) is 6.79 Å².